The van der Waals surface area contributed by atoms with E-state index in [-0.39, 0.29) is 11.9 Å². The first-order valence-electron chi connectivity index (χ1n) is 7.48. The van der Waals surface area contributed by atoms with Gasteiger partial charge >= 0.3 is 0 Å². The van der Waals surface area contributed by atoms with Gasteiger partial charge in [0.15, 0.2) is 0 Å². The predicted octanol–water partition coefficient (Wildman–Crippen LogP) is 2.10. The van der Waals surface area contributed by atoms with Crippen molar-refractivity contribution in [3.63, 3.8) is 0 Å². The Hall–Kier alpha value is -1.85. The molecule has 116 valence electrons. The molecule has 6 heteroatoms. The average Bonchev–Trinajstić information content (AvgIpc) is 3.06. The van der Waals surface area contributed by atoms with Crippen molar-refractivity contribution in [3.8, 4) is 0 Å². The fourth-order valence-corrected chi connectivity index (χ4v) is 3.07. The number of piperazine rings is 1. The van der Waals surface area contributed by atoms with Crippen LogP contribution in [0.3, 0.4) is 0 Å². The number of rotatable bonds is 4. The molecule has 2 aromatic rings. The summed E-state index contributed by atoms with van der Waals surface area (Å²) < 4.78 is 1.78. The maximum atomic E-state index is 12.6. The highest BCUT2D eigenvalue weighted by molar-refractivity contribution is 6.31. The molecule has 5 nitrogen and oxygen atoms in total. The lowest BCUT2D eigenvalue weighted by Gasteiger charge is -2.37. The van der Waals surface area contributed by atoms with Crippen molar-refractivity contribution in [1.29, 1.82) is 0 Å². The summed E-state index contributed by atoms with van der Waals surface area (Å²) in [6, 6.07) is 9.59. The number of halogens is 1. The fourth-order valence-electron chi connectivity index (χ4n) is 2.81. The van der Waals surface area contributed by atoms with E-state index in [4.69, 9.17) is 11.6 Å². The topological polar surface area (TPSA) is 50.2 Å². The molecule has 1 amide bonds. The van der Waals surface area contributed by atoms with Crippen LogP contribution in [0.4, 0.5) is 0 Å². The lowest BCUT2D eigenvalue weighted by Crippen LogP contribution is -2.49. The third kappa shape index (κ3) is 3.31. The number of aromatic nitrogens is 2. The van der Waals surface area contributed by atoms with E-state index < -0.39 is 0 Å². The number of aryl methyl sites for hydroxylation is 1. The van der Waals surface area contributed by atoms with Gasteiger partial charge in [0.25, 0.3) is 0 Å². The molecule has 2 heterocycles. The molecule has 1 fully saturated rings. The van der Waals surface area contributed by atoms with Crippen molar-refractivity contribution in [2.45, 2.75) is 19.0 Å². The quantitative estimate of drug-likeness (QED) is 0.939. The van der Waals surface area contributed by atoms with E-state index in [1.807, 2.05) is 41.4 Å². The Morgan fingerprint density at radius 1 is 1.36 bits per heavy atom. The molecule has 0 radical (unpaired) electrons. The Morgan fingerprint density at radius 3 is 3.00 bits per heavy atom. The predicted molar refractivity (Wildman–Crippen MR) is 85.6 cm³/mol. The van der Waals surface area contributed by atoms with Crippen LogP contribution < -0.4 is 5.32 Å². The molecule has 1 atom stereocenters. The van der Waals surface area contributed by atoms with Crippen molar-refractivity contribution < 1.29 is 4.79 Å². The summed E-state index contributed by atoms with van der Waals surface area (Å²) in [6.45, 7) is 2.85. The zero-order valence-electron chi connectivity index (χ0n) is 12.3. The Kier molecular flexibility index (Phi) is 4.75. The van der Waals surface area contributed by atoms with E-state index in [1.54, 1.807) is 10.9 Å². The van der Waals surface area contributed by atoms with Crippen molar-refractivity contribution in [2.24, 2.45) is 0 Å². The normalized spacial score (nSPS) is 18.4. The van der Waals surface area contributed by atoms with Crippen LogP contribution in [0.5, 0.6) is 0 Å². The number of amides is 1. The third-order valence-corrected chi connectivity index (χ3v) is 4.29. The molecule has 1 aliphatic heterocycles. The van der Waals surface area contributed by atoms with Gasteiger partial charge in [-0.1, -0.05) is 29.8 Å². The molecule has 1 aromatic carbocycles. The first kappa shape index (κ1) is 15.1. The lowest BCUT2D eigenvalue weighted by molar-refractivity contribution is -0.134. The third-order valence-electron chi connectivity index (χ3n) is 3.94. The molecule has 1 unspecified atom stereocenters. The number of carbonyl (C=O) groups is 1. The number of benzene rings is 1. The maximum absolute atomic E-state index is 12.6. The second-order valence-electron chi connectivity index (χ2n) is 5.35. The molecule has 0 spiro atoms. The number of nitrogens with zero attached hydrogens (tertiary/aromatic N) is 3. The van der Waals surface area contributed by atoms with Crippen molar-refractivity contribution in [1.82, 2.24) is 20.0 Å². The van der Waals surface area contributed by atoms with E-state index >= 15 is 0 Å². The van der Waals surface area contributed by atoms with Crippen molar-refractivity contribution in [3.05, 3.63) is 53.3 Å². The summed E-state index contributed by atoms with van der Waals surface area (Å²) >= 11 is 6.31. The molecule has 0 saturated carbocycles. The molecule has 1 N–H and O–H groups in total. The van der Waals surface area contributed by atoms with Crippen LogP contribution in [-0.4, -0.2) is 40.2 Å². The van der Waals surface area contributed by atoms with Gasteiger partial charge in [0.2, 0.25) is 5.91 Å². The monoisotopic (exact) mass is 318 g/mol. The zero-order valence-corrected chi connectivity index (χ0v) is 13.0. The van der Waals surface area contributed by atoms with E-state index in [0.717, 1.165) is 18.7 Å². The molecule has 22 heavy (non-hydrogen) atoms. The highest BCUT2D eigenvalue weighted by Crippen LogP contribution is 2.28. The van der Waals surface area contributed by atoms with E-state index in [2.05, 4.69) is 10.4 Å². The first-order valence-corrected chi connectivity index (χ1v) is 7.85. The fraction of sp³-hybridized carbons (Fsp3) is 0.375. The van der Waals surface area contributed by atoms with Gasteiger partial charge in [0.05, 0.1) is 6.04 Å². The number of carbonyl (C=O) groups excluding carboxylic acids is 1. The summed E-state index contributed by atoms with van der Waals surface area (Å²) in [6.07, 6.45) is 4.04. The van der Waals surface area contributed by atoms with Gasteiger partial charge in [-0.25, -0.2) is 0 Å². The van der Waals surface area contributed by atoms with Gasteiger partial charge < -0.3 is 10.2 Å². The van der Waals surface area contributed by atoms with Crippen molar-refractivity contribution >= 4 is 17.5 Å². The molecule has 0 bridgehead atoms. The van der Waals surface area contributed by atoms with Crippen molar-refractivity contribution in [2.75, 3.05) is 19.6 Å². The minimum Gasteiger partial charge on any atom is -0.333 e. The minimum atomic E-state index is -0.00688. The highest BCUT2D eigenvalue weighted by atomic mass is 35.5. The smallest absolute Gasteiger partial charge is 0.225 e. The number of hydrogen-bond donors (Lipinski definition) is 1. The van der Waals surface area contributed by atoms with Crippen LogP contribution in [-0.2, 0) is 11.3 Å². The van der Waals surface area contributed by atoms with Gasteiger partial charge in [-0.15, -0.1) is 0 Å². The number of nitrogens with one attached hydrogen (secondary N) is 1. The van der Waals surface area contributed by atoms with Gasteiger partial charge in [-0.2, -0.15) is 5.10 Å². The van der Waals surface area contributed by atoms with E-state index in [1.165, 1.54) is 0 Å². The minimum absolute atomic E-state index is 0.00688. The van der Waals surface area contributed by atoms with Crippen LogP contribution in [0.2, 0.25) is 5.02 Å². The Bertz CT molecular complexity index is 629. The first-order chi connectivity index (χ1) is 10.8. The largest absolute Gasteiger partial charge is 0.333 e. The molecule has 1 aromatic heterocycles. The molecular formula is C16H19ClN4O. The molecule has 0 aliphatic carbocycles. The number of hydrogen-bond acceptors (Lipinski definition) is 3. The average molecular weight is 319 g/mol. The van der Waals surface area contributed by atoms with Crippen LogP contribution in [0.25, 0.3) is 0 Å². The summed E-state index contributed by atoms with van der Waals surface area (Å²) in [7, 11) is 0. The molecular weight excluding hydrogens is 300 g/mol. The van der Waals surface area contributed by atoms with Gasteiger partial charge in [-0.05, 0) is 17.7 Å². The Balaban J connectivity index is 1.72. The molecule has 1 aliphatic rings. The summed E-state index contributed by atoms with van der Waals surface area (Å²) in [4.78, 5) is 14.5. The zero-order chi connectivity index (χ0) is 15.4. The summed E-state index contributed by atoms with van der Waals surface area (Å²) in [5.41, 5.74) is 1.00. The van der Waals surface area contributed by atoms with Gasteiger partial charge in [-0.3, -0.25) is 9.48 Å². The molecule has 3 rings (SSSR count). The molecule has 1 saturated heterocycles. The summed E-state index contributed by atoms with van der Waals surface area (Å²) in [5, 5.41) is 8.19. The van der Waals surface area contributed by atoms with E-state index in [0.29, 0.717) is 24.5 Å². The Morgan fingerprint density at radius 2 is 2.23 bits per heavy atom. The SMILES string of the molecule is O=C(CCn1cccn1)N1CCNCC1c1ccccc1Cl. The maximum Gasteiger partial charge on any atom is 0.225 e. The highest BCUT2D eigenvalue weighted by Gasteiger charge is 2.28. The summed E-state index contributed by atoms with van der Waals surface area (Å²) in [5.74, 6) is 0.141. The van der Waals surface area contributed by atoms with Crippen LogP contribution >= 0.6 is 11.6 Å². The Labute approximate surface area is 134 Å². The van der Waals surface area contributed by atoms with E-state index in [9.17, 15) is 4.79 Å². The van der Waals surface area contributed by atoms with Gasteiger partial charge in [0, 0.05) is 50.0 Å². The van der Waals surface area contributed by atoms with Gasteiger partial charge in [0.1, 0.15) is 0 Å². The van der Waals surface area contributed by atoms with Crippen LogP contribution in [0.15, 0.2) is 42.7 Å². The lowest BCUT2D eigenvalue weighted by atomic mass is 10.0. The standard InChI is InChI=1S/C16H19ClN4O/c17-14-5-2-1-4-13(14)15-12-18-8-11-21(15)16(22)6-10-20-9-3-7-19-20/h1-5,7,9,15,18H,6,8,10-12H2. The second kappa shape index (κ2) is 6.94. The van der Waals surface area contributed by atoms with Crippen LogP contribution in [0, 0.1) is 0 Å². The van der Waals surface area contributed by atoms with Crippen LogP contribution in [0.1, 0.15) is 18.0 Å². The second-order valence-corrected chi connectivity index (χ2v) is 5.75.